The molecule has 1 aromatic carbocycles. The van der Waals surface area contributed by atoms with E-state index < -0.39 is 30.3 Å². The van der Waals surface area contributed by atoms with Crippen molar-refractivity contribution in [1.82, 2.24) is 5.32 Å². The van der Waals surface area contributed by atoms with Crippen LogP contribution in [0.15, 0.2) is 36.4 Å². The van der Waals surface area contributed by atoms with Crippen LogP contribution in [0.3, 0.4) is 0 Å². The molecule has 1 N–H and O–H groups in total. The van der Waals surface area contributed by atoms with Crippen molar-refractivity contribution in [3.63, 3.8) is 0 Å². The van der Waals surface area contributed by atoms with E-state index in [1.807, 2.05) is 6.07 Å². The number of aliphatic carboxylic acids is 2. The maximum absolute atomic E-state index is 11.5. The number of carboxylic acid groups (broad SMARTS) is 2. The van der Waals surface area contributed by atoms with Gasteiger partial charge >= 0.3 is 103 Å². The molecule has 0 fully saturated rings. The molecule has 0 saturated carbocycles. The molecule has 1 rings (SSSR count). The van der Waals surface area contributed by atoms with Gasteiger partial charge in [-0.1, -0.05) is 30.3 Å². The van der Waals surface area contributed by atoms with Crippen LogP contribution in [0.1, 0.15) is 18.4 Å². The molecule has 0 aromatic heterocycles. The Morgan fingerprint density at radius 2 is 1.68 bits per heavy atom. The second-order valence-corrected chi connectivity index (χ2v) is 4.03. The maximum Gasteiger partial charge on any atom is 1.00 e. The van der Waals surface area contributed by atoms with Gasteiger partial charge in [-0.05, 0) is 24.5 Å². The Balaban J connectivity index is 0. The van der Waals surface area contributed by atoms with Crippen molar-refractivity contribution in [1.29, 1.82) is 0 Å². The first kappa shape index (κ1) is 24.9. The molecule has 106 valence electrons. The maximum atomic E-state index is 11.5. The molecule has 0 bridgehead atoms. The van der Waals surface area contributed by atoms with Gasteiger partial charge in [-0.2, -0.15) is 0 Å². The van der Waals surface area contributed by atoms with Crippen molar-refractivity contribution in [2.75, 3.05) is 0 Å². The van der Waals surface area contributed by atoms with Gasteiger partial charge in [0.15, 0.2) is 0 Å². The van der Waals surface area contributed by atoms with Crippen molar-refractivity contribution in [2.24, 2.45) is 0 Å². The number of rotatable bonds is 7. The first-order chi connectivity index (χ1) is 9.49. The Morgan fingerprint density at radius 1 is 1.09 bits per heavy atom. The van der Waals surface area contributed by atoms with Gasteiger partial charge < -0.3 is 25.1 Å². The van der Waals surface area contributed by atoms with E-state index in [1.54, 1.807) is 24.3 Å². The first-order valence-corrected chi connectivity index (χ1v) is 5.93. The average Bonchev–Trinajstić information content (AvgIpc) is 2.41. The van der Waals surface area contributed by atoms with E-state index in [9.17, 15) is 24.6 Å². The fourth-order valence-electron chi connectivity index (χ4n) is 1.47. The molecule has 0 spiro atoms. The van der Waals surface area contributed by atoms with Gasteiger partial charge in [0.05, 0.1) is 12.0 Å². The molecular formula is C14H13K2NO5. The Labute approximate surface area is 213 Å². The van der Waals surface area contributed by atoms with E-state index in [0.29, 0.717) is 0 Å². The number of hydrogen-bond acceptors (Lipinski definition) is 5. The number of carboxylic acids is 2. The Morgan fingerprint density at radius 3 is 2.18 bits per heavy atom. The van der Waals surface area contributed by atoms with Crippen LogP contribution in [0.25, 0.3) is 6.08 Å². The summed E-state index contributed by atoms with van der Waals surface area (Å²) in [6.45, 7) is 0. The molecule has 1 amide bonds. The topological polar surface area (TPSA) is 109 Å². The molecule has 0 heterocycles. The average molecular weight is 353 g/mol. The van der Waals surface area contributed by atoms with E-state index in [-0.39, 0.29) is 109 Å². The van der Waals surface area contributed by atoms with Crippen LogP contribution in [0, 0.1) is 0 Å². The third-order valence-electron chi connectivity index (χ3n) is 2.46. The van der Waals surface area contributed by atoms with Crippen LogP contribution in [0.5, 0.6) is 0 Å². The number of carbonyl (C=O) groups is 3. The molecule has 8 heteroatoms. The minimum absolute atomic E-state index is 0. The second-order valence-electron chi connectivity index (χ2n) is 4.03. The fraction of sp³-hybridized carbons (Fsp3) is 0.214. The van der Waals surface area contributed by atoms with Crippen molar-refractivity contribution in [3.05, 3.63) is 42.0 Å². The van der Waals surface area contributed by atoms with E-state index >= 15 is 0 Å². The van der Waals surface area contributed by atoms with Crippen LogP contribution in [0.4, 0.5) is 0 Å². The predicted octanol–water partition coefficient (Wildman–Crippen LogP) is -7.53. The molecule has 1 atom stereocenters. The van der Waals surface area contributed by atoms with Crippen LogP contribution in [-0.4, -0.2) is 23.9 Å². The predicted molar refractivity (Wildman–Crippen MR) is 66.7 cm³/mol. The molecule has 1 aromatic rings. The van der Waals surface area contributed by atoms with Crippen molar-refractivity contribution in [2.45, 2.75) is 18.9 Å². The molecule has 6 nitrogen and oxygen atoms in total. The summed E-state index contributed by atoms with van der Waals surface area (Å²) in [6, 6.07) is 7.60. The third kappa shape index (κ3) is 11.2. The third-order valence-corrected chi connectivity index (χ3v) is 2.46. The summed E-state index contributed by atoms with van der Waals surface area (Å²) in [6.07, 6.45) is 1.93. The molecule has 22 heavy (non-hydrogen) atoms. The van der Waals surface area contributed by atoms with E-state index in [2.05, 4.69) is 5.32 Å². The zero-order valence-electron chi connectivity index (χ0n) is 12.6. The van der Waals surface area contributed by atoms with Gasteiger partial charge in [0, 0.05) is 12.0 Å². The quantitative estimate of drug-likeness (QED) is 0.387. The van der Waals surface area contributed by atoms with Crippen LogP contribution >= 0.6 is 0 Å². The molecular weight excluding hydrogens is 340 g/mol. The van der Waals surface area contributed by atoms with E-state index in [0.717, 1.165) is 5.56 Å². The summed E-state index contributed by atoms with van der Waals surface area (Å²) in [5, 5.41) is 23.2. The SMILES string of the molecule is O=C([O-])CC[C@H](NC(=O)C=Cc1ccccc1)C(=O)[O-].[K+].[K+]. The molecule has 0 unspecified atom stereocenters. The van der Waals surface area contributed by atoms with Gasteiger partial charge in [0.2, 0.25) is 5.91 Å². The first-order valence-electron chi connectivity index (χ1n) is 5.93. The molecule has 0 radical (unpaired) electrons. The van der Waals surface area contributed by atoms with Gasteiger partial charge in [-0.3, -0.25) is 4.79 Å². The van der Waals surface area contributed by atoms with Gasteiger partial charge in [0.1, 0.15) is 0 Å². The summed E-state index contributed by atoms with van der Waals surface area (Å²) in [7, 11) is 0. The number of nitrogens with one attached hydrogen (secondary N) is 1. The minimum Gasteiger partial charge on any atom is -0.550 e. The molecule has 0 aliphatic rings. The minimum atomic E-state index is -1.53. The monoisotopic (exact) mass is 353 g/mol. The normalized spacial score (nSPS) is 10.9. The Kier molecular flexibility index (Phi) is 15.9. The number of hydrogen-bond donors (Lipinski definition) is 1. The van der Waals surface area contributed by atoms with Gasteiger partial charge in [-0.15, -0.1) is 0 Å². The Hall–Kier alpha value is 0.643. The van der Waals surface area contributed by atoms with Crippen molar-refractivity contribution in [3.8, 4) is 0 Å². The number of amides is 1. The summed E-state index contributed by atoms with van der Waals surface area (Å²) in [4.78, 5) is 32.6. The Bertz CT molecular complexity index is 519. The van der Waals surface area contributed by atoms with Crippen LogP contribution in [-0.2, 0) is 14.4 Å². The summed E-state index contributed by atoms with van der Waals surface area (Å²) < 4.78 is 0. The second kappa shape index (κ2) is 14.0. The van der Waals surface area contributed by atoms with Gasteiger partial charge in [-0.25, -0.2) is 0 Å². The summed E-state index contributed by atoms with van der Waals surface area (Å²) >= 11 is 0. The van der Waals surface area contributed by atoms with Crippen LogP contribution in [0.2, 0.25) is 0 Å². The largest absolute Gasteiger partial charge is 1.00 e. The van der Waals surface area contributed by atoms with Crippen molar-refractivity contribution < 1.29 is 127 Å². The molecule has 0 aliphatic heterocycles. The smallest absolute Gasteiger partial charge is 0.550 e. The van der Waals surface area contributed by atoms with E-state index in [4.69, 9.17) is 0 Å². The fourth-order valence-corrected chi connectivity index (χ4v) is 1.47. The molecule has 0 aliphatic carbocycles. The summed E-state index contributed by atoms with van der Waals surface area (Å²) in [5.74, 6) is -3.56. The standard InChI is InChI=1S/C14H15NO5.2K/c16-12(8-6-10-4-2-1-3-5-10)15-11(14(19)20)7-9-13(17)18;;/h1-6,8,11H,7,9H2,(H,15,16)(H,17,18)(H,19,20);;/q;2*+1/p-2/t11-;;/m0../s1. The van der Waals surface area contributed by atoms with E-state index in [1.165, 1.54) is 12.2 Å². The zero-order chi connectivity index (χ0) is 15.0. The number of benzene rings is 1. The van der Waals surface area contributed by atoms with Crippen molar-refractivity contribution >= 4 is 23.9 Å². The molecule has 0 saturated heterocycles. The summed E-state index contributed by atoms with van der Waals surface area (Å²) in [5.41, 5.74) is 0.780. The zero-order valence-corrected chi connectivity index (χ0v) is 18.8. The van der Waals surface area contributed by atoms with Crippen LogP contribution < -0.4 is 118 Å². The number of carbonyl (C=O) groups excluding carboxylic acids is 3. The van der Waals surface area contributed by atoms with Gasteiger partial charge in [0.25, 0.3) is 0 Å².